The molecule has 0 bridgehead atoms. The van der Waals surface area contributed by atoms with Crippen molar-refractivity contribution in [3.05, 3.63) is 0 Å². The molecule has 4 rings (SSSR count). The van der Waals surface area contributed by atoms with Gasteiger partial charge in [-0.2, -0.15) is 0 Å². The van der Waals surface area contributed by atoms with Crippen molar-refractivity contribution in [1.82, 2.24) is 20.0 Å². The maximum atomic E-state index is 8.89. The summed E-state index contributed by atoms with van der Waals surface area (Å²) in [5.41, 5.74) is 0. The van der Waals surface area contributed by atoms with Gasteiger partial charge in [-0.3, -0.25) is 0 Å². The fourth-order valence-electron chi connectivity index (χ4n) is 5.71. The number of aliphatic hydroxyl groups is 2. The van der Waals surface area contributed by atoms with Gasteiger partial charge in [0.2, 0.25) is 0 Å². The number of likely N-dealkylation sites (tertiary alicyclic amines) is 3. The number of halogens is 2. The highest BCUT2D eigenvalue weighted by Crippen LogP contribution is 2.22. The zero-order chi connectivity index (χ0) is 23.9. The minimum atomic E-state index is 0. The largest absolute Gasteiger partial charge is 0.396 e. The first-order valence-electron chi connectivity index (χ1n) is 13.7. The normalized spacial score (nSPS) is 27.4. The molecular formula is C26H54BrClN4O2. The minimum Gasteiger partial charge on any atom is -0.396 e. The molecule has 0 aromatic heterocycles. The number of rotatable bonds is 7. The molecule has 34 heavy (non-hydrogen) atoms. The quantitative estimate of drug-likeness (QED) is 0.410. The first kappa shape index (κ1) is 32.6. The van der Waals surface area contributed by atoms with Crippen LogP contribution in [0, 0.1) is 23.7 Å². The van der Waals surface area contributed by atoms with Gasteiger partial charge in [-0.15, -0.1) is 12.4 Å². The summed E-state index contributed by atoms with van der Waals surface area (Å²) in [5.74, 6) is 3.74. The second-order valence-electron chi connectivity index (χ2n) is 10.9. The van der Waals surface area contributed by atoms with Crippen LogP contribution in [-0.2, 0) is 0 Å². The van der Waals surface area contributed by atoms with Crippen molar-refractivity contribution < 1.29 is 10.2 Å². The summed E-state index contributed by atoms with van der Waals surface area (Å²) in [6.45, 7) is 19.0. The summed E-state index contributed by atoms with van der Waals surface area (Å²) >= 11 is 3.00. The van der Waals surface area contributed by atoms with Crippen LogP contribution >= 0.6 is 28.3 Å². The lowest BCUT2D eigenvalue weighted by Gasteiger charge is -2.33. The van der Waals surface area contributed by atoms with E-state index in [1.165, 1.54) is 104 Å². The summed E-state index contributed by atoms with van der Waals surface area (Å²) in [7, 11) is 0. The Balaban J connectivity index is 0.000000291. The van der Waals surface area contributed by atoms with Gasteiger partial charge >= 0.3 is 0 Å². The van der Waals surface area contributed by atoms with Crippen LogP contribution in [0.4, 0.5) is 0 Å². The average Bonchev–Trinajstić information content (AvgIpc) is 3.44. The van der Waals surface area contributed by atoms with Crippen LogP contribution in [-0.4, -0.2) is 115 Å². The van der Waals surface area contributed by atoms with Gasteiger partial charge in [-0.25, -0.2) is 0 Å². The Morgan fingerprint density at radius 2 is 1.15 bits per heavy atom. The molecule has 0 saturated carbocycles. The van der Waals surface area contributed by atoms with E-state index in [1.807, 2.05) is 0 Å². The molecule has 4 aliphatic heterocycles. The summed E-state index contributed by atoms with van der Waals surface area (Å²) in [6, 6.07) is 0. The van der Waals surface area contributed by atoms with E-state index >= 15 is 0 Å². The predicted molar refractivity (Wildman–Crippen MR) is 150 cm³/mol. The van der Waals surface area contributed by atoms with Crippen LogP contribution in [0.2, 0.25) is 0 Å². The van der Waals surface area contributed by atoms with Crippen LogP contribution in [0.5, 0.6) is 0 Å². The number of alkyl halides is 1. The number of nitrogens with one attached hydrogen (secondary N) is 1. The standard InChI is InChI=1S/C13H26N2O.C11H22N2.C2H5BrO.ClH/c1-12-2-5-15(10-12)11-13-3-6-14(7-4-13)8-9-16;1-10-4-7-13(8-10)9-11-2-5-12-6-3-11;3-1-2-4;/h12-13,16H,2-11H2,1H3;10-12H,2-9H2,1H3;4H,1-2H2;1H/t12-;10-;;/m11../s1. The molecule has 0 unspecified atom stereocenters. The molecule has 0 radical (unpaired) electrons. The second-order valence-corrected chi connectivity index (χ2v) is 11.7. The average molecular weight is 570 g/mol. The SMILES string of the molecule is C[C@@H]1CCN(CC2CCN(CCO)CC2)C1.C[C@@H]1CCN(CC2CCNCC2)C1.Cl.OCCBr. The molecule has 0 aromatic rings. The number of hydrogen-bond acceptors (Lipinski definition) is 6. The van der Waals surface area contributed by atoms with Crippen LogP contribution < -0.4 is 5.32 Å². The molecule has 4 saturated heterocycles. The summed E-state index contributed by atoms with van der Waals surface area (Å²) < 4.78 is 0. The van der Waals surface area contributed by atoms with E-state index in [0.717, 1.165) is 30.2 Å². The van der Waals surface area contributed by atoms with Crippen LogP contribution in [0.15, 0.2) is 0 Å². The number of aliphatic hydroxyl groups excluding tert-OH is 2. The van der Waals surface area contributed by atoms with Gasteiger partial charge in [0.25, 0.3) is 0 Å². The third kappa shape index (κ3) is 13.7. The number of piperidine rings is 2. The summed E-state index contributed by atoms with van der Waals surface area (Å²) in [4.78, 5) is 7.71. The molecule has 4 fully saturated rings. The monoisotopic (exact) mass is 568 g/mol. The van der Waals surface area contributed by atoms with Gasteiger partial charge in [0.15, 0.2) is 0 Å². The molecule has 4 heterocycles. The summed E-state index contributed by atoms with van der Waals surface area (Å²) in [5, 5.41) is 20.8. The maximum Gasteiger partial charge on any atom is 0.0558 e. The first-order chi connectivity index (χ1) is 16.0. The van der Waals surface area contributed by atoms with Crippen molar-refractivity contribution in [1.29, 1.82) is 0 Å². The van der Waals surface area contributed by atoms with Gasteiger partial charge in [0.05, 0.1) is 13.2 Å². The summed E-state index contributed by atoms with van der Waals surface area (Å²) in [6.07, 6.45) is 8.25. The fourth-order valence-corrected chi connectivity index (χ4v) is 5.71. The van der Waals surface area contributed by atoms with Crippen molar-refractivity contribution in [3.8, 4) is 0 Å². The van der Waals surface area contributed by atoms with E-state index in [1.54, 1.807) is 0 Å². The van der Waals surface area contributed by atoms with Gasteiger partial charge in [0.1, 0.15) is 0 Å². The molecule has 0 aliphatic carbocycles. The third-order valence-electron chi connectivity index (χ3n) is 7.72. The lowest BCUT2D eigenvalue weighted by Crippen LogP contribution is -2.39. The van der Waals surface area contributed by atoms with E-state index < -0.39 is 0 Å². The van der Waals surface area contributed by atoms with E-state index in [-0.39, 0.29) is 19.0 Å². The molecule has 0 spiro atoms. The number of hydrogen-bond donors (Lipinski definition) is 3. The van der Waals surface area contributed by atoms with E-state index in [4.69, 9.17) is 10.2 Å². The molecule has 204 valence electrons. The molecule has 4 aliphatic rings. The molecular weight excluding hydrogens is 516 g/mol. The van der Waals surface area contributed by atoms with Gasteiger partial charge < -0.3 is 30.2 Å². The van der Waals surface area contributed by atoms with Crippen LogP contribution in [0.3, 0.4) is 0 Å². The maximum absolute atomic E-state index is 8.89. The Labute approximate surface area is 224 Å². The Kier molecular flexibility index (Phi) is 18.8. The lowest BCUT2D eigenvalue weighted by molar-refractivity contribution is 0.129. The highest BCUT2D eigenvalue weighted by Gasteiger charge is 2.25. The van der Waals surface area contributed by atoms with E-state index in [0.29, 0.717) is 11.9 Å². The van der Waals surface area contributed by atoms with Gasteiger partial charge in [0, 0.05) is 38.1 Å². The van der Waals surface area contributed by atoms with Gasteiger partial charge in [-0.05, 0) is 101 Å². The number of nitrogens with zero attached hydrogens (tertiary/aromatic N) is 3. The van der Waals surface area contributed by atoms with Crippen molar-refractivity contribution >= 4 is 28.3 Å². The van der Waals surface area contributed by atoms with Crippen molar-refractivity contribution in [2.24, 2.45) is 23.7 Å². The number of β-amino-alcohol motifs (C(OH)–C–C–N with tert-alkyl or cyclic N) is 1. The Bertz CT molecular complexity index is 475. The molecule has 3 N–H and O–H groups in total. The Hall–Kier alpha value is 0.530. The van der Waals surface area contributed by atoms with Gasteiger partial charge in [-0.1, -0.05) is 29.8 Å². The topological polar surface area (TPSA) is 62.2 Å². The predicted octanol–water partition coefficient (Wildman–Crippen LogP) is 3.16. The Morgan fingerprint density at radius 1 is 0.706 bits per heavy atom. The highest BCUT2D eigenvalue weighted by molar-refractivity contribution is 9.09. The van der Waals surface area contributed by atoms with Crippen LogP contribution in [0.1, 0.15) is 52.4 Å². The third-order valence-corrected chi connectivity index (χ3v) is 8.07. The highest BCUT2D eigenvalue weighted by atomic mass is 79.9. The van der Waals surface area contributed by atoms with Crippen LogP contribution in [0.25, 0.3) is 0 Å². The van der Waals surface area contributed by atoms with E-state index in [9.17, 15) is 0 Å². The second kappa shape index (κ2) is 19.6. The van der Waals surface area contributed by atoms with E-state index in [2.05, 4.69) is 49.8 Å². The molecule has 0 amide bonds. The zero-order valence-electron chi connectivity index (χ0n) is 22.0. The van der Waals surface area contributed by atoms with Crippen molar-refractivity contribution in [3.63, 3.8) is 0 Å². The molecule has 6 nitrogen and oxygen atoms in total. The smallest absolute Gasteiger partial charge is 0.0558 e. The molecule has 2 atom stereocenters. The lowest BCUT2D eigenvalue weighted by atomic mass is 9.96. The van der Waals surface area contributed by atoms with Crippen molar-refractivity contribution in [2.45, 2.75) is 52.4 Å². The minimum absolute atomic E-state index is 0. The first-order valence-corrected chi connectivity index (χ1v) is 14.8. The Morgan fingerprint density at radius 3 is 1.53 bits per heavy atom. The van der Waals surface area contributed by atoms with Crippen molar-refractivity contribution in [2.75, 3.05) is 90.5 Å². The molecule has 0 aromatic carbocycles. The molecule has 8 heteroatoms. The zero-order valence-corrected chi connectivity index (χ0v) is 24.4. The fraction of sp³-hybridized carbons (Fsp3) is 1.00.